The number of halogens is 1. The lowest BCUT2D eigenvalue weighted by Gasteiger charge is -2.26. The Morgan fingerprint density at radius 1 is 1.53 bits per heavy atom. The van der Waals surface area contributed by atoms with Gasteiger partial charge in [-0.3, -0.25) is 9.78 Å². The SMILES string of the molecule is O=c1[nH]c(N2CCOCC2)ncc1CBr. The second-order valence-electron chi connectivity index (χ2n) is 3.29. The molecule has 82 valence electrons. The van der Waals surface area contributed by atoms with Gasteiger partial charge in [-0.15, -0.1) is 0 Å². The normalized spacial score (nSPS) is 16.7. The molecule has 1 N–H and O–H groups in total. The van der Waals surface area contributed by atoms with Crippen molar-refractivity contribution in [2.75, 3.05) is 31.2 Å². The maximum atomic E-state index is 11.5. The van der Waals surface area contributed by atoms with E-state index in [-0.39, 0.29) is 5.56 Å². The molecular formula is C9H12BrN3O2. The number of morpholine rings is 1. The van der Waals surface area contributed by atoms with E-state index in [9.17, 15) is 4.79 Å². The van der Waals surface area contributed by atoms with Crippen molar-refractivity contribution < 1.29 is 4.74 Å². The van der Waals surface area contributed by atoms with Crippen LogP contribution in [-0.4, -0.2) is 36.3 Å². The summed E-state index contributed by atoms with van der Waals surface area (Å²) in [5, 5.41) is 0.527. The lowest BCUT2D eigenvalue weighted by atomic mass is 10.4. The van der Waals surface area contributed by atoms with E-state index in [0.29, 0.717) is 30.1 Å². The number of aromatic amines is 1. The van der Waals surface area contributed by atoms with Crippen LogP contribution in [0.25, 0.3) is 0 Å². The maximum absolute atomic E-state index is 11.5. The van der Waals surface area contributed by atoms with Crippen LogP contribution in [0.2, 0.25) is 0 Å². The van der Waals surface area contributed by atoms with Gasteiger partial charge in [0.15, 0.2) is 0 Å². The number of nitrogens with zero attached hydrogens (tertiary/aromatic N) is 2. The quantitative estimate of drug-likeness (QED) is 0.798. The second-order valence-corrected chi connectivity index (χ2v) is 3.85. The van der Waals surface area contributed by atoms with Crippen LogP contribution < -0.4 is 10.5 Å². The van der Waals surface area contributed by atoms with Crippen LogP contribution in [0.3, 0.4) is 0 Å². The van der Waals surface area contributed by atoms with Crippen molar-refractivity contribution in [1.29, 1.82) is 0 Å². The highest BCUT2D eigenvalue weighted by atomic mass is 79.9. The standard InChI is InChI=1S/C9H12BrN3O2/c10-5-7-6-11-9(12-8(7)14)13-1-3-15-4-2-13/h6H,1-5H2,(H,11,12,14). The molecule has 6 heteroatoms. The van der Waals surface area contributed by atoms with Crippen LogP contribution in [0, 0.1) is 0 Å². The third-order valence-corrected chi connectivity index (χ3v) is 2.92. The number of hydrogen-bond donors (Lipinski definition) is 1. The van der Waals surface area contributed by atoms with Crippen LogP contribution >= 0.6 is 15.9 Å². The molecule has 2 rings (SSSR count). The van der Waals surface area contributed by atoms with Crippen LogP contribution in [0.5, 0.6) is 0 Å². The summed E-state index contributed by atoms with van der Waals surface area (Å²) in [5.41, 5.74) is 0.565. The predicted molar refractivity (Wildman–Crippen MR) is 60.5 cm³/mol. The van der Waals surface area contributed by atoms with Crippen LogP contribution in [-0.2, 0) is 10.1 Å². The minimum Gasteiger partial charge on any atom is -0.378 e. The molecule has 1 saturated heterocycles. The highest BCUT2D eigenvalue weighted by Crippen LogP contribution is 2.07. The van der Waals surface area contributed by atoms with E-state index in [0.717, 1.165) is 13.1 Å². The summed E-state index contributed by atoms with van der Waals surface area (Å²) in [6.45, 7) is 2.92. The summed E-state index contributed by atoms with van der Waals surface area (Å²) in [6, 6.07) is 0. The van der Waals surface area contributed by atoms with Gasteiger partial charge in [-0.1, -0.05) is 15.9 Å². The number of alkyl halides is 1. The number of nitrogens with one attached hydrogen (secondary N) is 1. The molecule has 0 amide bonds. The first-order valence-electron chi connectivity index (χ1n) is 4.78. The Labute approximate surface area is 95.6 Å². The lowest BCUT2D eigenvalue weighted by Crippen LogP contribution is -2.38. The highest BCUT2D eigenvalue weighted by molar-refractivity contribution is 9.08. The van der Waals surface area contributed by atoms with Crippen molar-refractivity contribution in [3.63, 3.8) is 0 Å². The molecule has 1 fully saturated rings. The molecule has 1 aliphatic rings. The number of H-pyrrole nitrogens is 1. The van der Waals surface area contributed by atoms with Gasteiger partial charge in [0.25, 0.3) is 5.56 Å². The largest absolute Gasteiger partial charge is 0.378 e. The summed E-state index contributed by atoms with van der Waals surface area (Å²) in [7, 11) is 0. The molecule has 0 aliphatic carbocycles. The fourth-order valence-electron chi connectivity index (χ4n) is 1.44. The van der Waals surface area contributed by atoms with E-state index >= 15 is 0 Å². The number of ether oxygens (including phenoxy) is 1. The minimum absolute atomic E-state index is 0.0802. The van der Waals surface area contributed by atoms with E-state index in [1.54, 1.807) is 6.20 Å². The number of aromatic nitrogens is 2. The van der Waals surface area contributed by atoms with Gasteiger partial charge in [0.05, 0.1) is 13.2 Å². The Bertz CT molecular complexity index is 387. The average Bonchev–Trinajstić information content (AvgIpc) is 2.30. The Morgan fingerprint density at radius 2 is 2.27 bits per heavy atom. The number of hydrogen-bond acceptors (Lipinski definition) is 4. The van der Waals surface area contributed by atoms with Crippen LogP contribution in [0.4, 0.5) is 5.95 Å². The second kappa shape index (κ2) is 4.76. The summed E-state index contributed by atoms with van der Waals surface area (Å²) in [6.07, 6.45) is 1.61. The Morgan fingerprint density at radius 3 is 2.87 bits per heavy atom. The molecule has 15 heavy (non-hydrogen) atoms. The summed E-state index contributed by atoms with van der Waals surface area (Å²) < 4.78 is 5.23. The molecule has 0 saturated carbocycles. The molecule has 2 heterocycles. The van der Waals surface area contributed by atoms with Gasteiger partial charge < -0.3 is 9.64 Å². The van der Waals surface area contributed by atoms with E-state index in [1.165, 1.54) is 0 Å². The van der Waals surface area contributed by atoms with Gasteiger partial charge in [-0.2, -0.15) is 0 Å². The molecule has 0 unspecified atom stereocenters. The predicted octanol–water partition coefficient (Wildman–Crippen LogP) is 0.501. The number of rotatable bonds is 2. The summed E-state index contributed by atoms with van der Waals surface area (Å²) >= 11 is 3.24. The monoisotopic (exact) mass is 273 g/mol. The molecule has 5 nitrogen and oxygen atoms in total. The zero-order chi connectivity index (χ0) is 10.7. The smallest absolute Gasteiger partial charge is 0.256 e. The highest BCUT2D eigenvalue weighted by Gasteiger charge is 2.13. The number of anilines is 1. The molecule has 0 atom stereocenters. The molecular weight excluding hydrogens is 262 g/mol. The van der Waals surface area contributed by atoms with Crippen LogP contribution in [0.1, 0.15) is 5.56 Å². The zero-order valence-corrected chi connectivity index (χ0v) is 9.79. The van der Waals surface area contributed by atoms with Gasteiger partial charge >= 0.3 is 0 Å². The van der Waals surface area contributed by atoms with E-state index in [1.807, 2.05) is 4.90 Å². The van der Waals surface area contributed by atoms with Gasteiger partial charge in [0, 0.05) is 30.2 Å². The van der Waals surface area contributed by atoms with Crippen molar-refractivity contribution in [2.24, 2.45) is 0 Å². The summed E-state index contributed by atoms with van der Waals surface area (Å²) in [5.74, 6) is 0.632. The summed E-state index contributed by atoms with van der Waals surface area (Å²) in [4.78, 5) is 20.5. The first kappa shape index (κ1) is 10.6. The minimum atomic E-state index is -0.0802. The Balaban J connectivity index is 2.21. The molecule has 0 bridgehead atoms. The molecule has 1 aromatic rings. The third kappa shape index (κ3) is 2.38. The first-order chi connectivity index (χ1) is 7.31. The maximum Gasteiger partial charge on any atom is 0.256 e. The molecule has 0 radical (unpaired) electrons. The van der Waals surface area contributed by atoms with E-state index in [2.05, 4.69) is 25.9 Å². The van der Waals surface area contributed by atoms with Crippen molar-refractivity contribution in [3.05, 3.63) is 22.1 Å². The van der Waals surface area contributed by atoms with Gasteiger partial charge in [-0.25, -0.2) is 4.98 Å². The lowest BCUT2D eigenvalue weighted by molar-refractivity contribution is 0.122. The van der Waals surface area contributed by atoms with Crippen molar-refractivity contribution in [3.8, 4) is 0 Å². The van der Waals surface area contributed by atoms with Crippen LogP contribution in [0.15, 0.2) is 11.0 Å². The molecule has 1 aromatic heterocycles. The van der Waals surface area contributed by atoms with E-state index in [4.69, 9.17) is 4.74 Å². The third-order valence-electron chi connectivity index (χ3n) is 2.31. The Hall–Kier alpha value is -0.880. The van der Waals surface area contributed by atoms with Gasteiger partial charge in [-0.05, 0) is 0 Å². The van der Waals surface area contributed by atoms with E-state index < -0.39 is 0 Å². The van der Waals surface area contributed by atoms with Crippen molar-refractivity contribution in [1.82, 2.24) is 9.97 Å². The van der Waals surface area contributed by atoms with Crippen molar-refractivity contribution in [2.45, 2.75) is 5.33 Å². The van der Waals surface area contributed by atoms with Gasteiger partial charge in [0.1, 0.15) is 0 Å². The van der Waals surface area contributed by atoms with Crippen molar-refractivity contribution >= 4 is 21.9 Å². The van der Waals surface area contributed by atoms with Gasteiger partial charge in [0.2, 0.25) is 5.95 Å². The first-order valence-corrected chi connectivity index (χ1v) is 5.90. The average molecular weight is 274 g/mol. The topological polar surface area (TPSA) is 58.2 Å². The fourth-order valence-corrected chi connectivity index (χ4v) is 1.84. The molecule has 1 aliphatic heterocycles. The molecule has 0 aromatic carbocycles. The fraction of sp³-hybridized carbons (Fsp3) is 0.556. The molecule has 0 spiro atoms. The Kier molecular flexibility index (Phi) is 3.37. The zero-order valence-electron chi connectivity index (χ0n) is 8.20.